The predicted octanol–water partition coefficient (Wildman–Crippen LogP) is 6.11. The van der Waals surface area contributed by atoms with Gasteiger partial charge >= 0.3 is 0 Å². The number of hydrogen-bond acceptors (Lipinski definition) is 3. The molecule has 0 spiro atoms. The summed E-state index contributed by atoms with van der Waals surface area (Å²) in [5, 5.41) is 3.27. The molecule has 24 heavy (non-hydrogen) atoms. The standard InChI is InChI=1S/C15H7Cl5N2O2/c16-8-2-4-12-11(6-8)21-13(24-12)7-1-3-9(17)10(5-7)22-14(23)15(18,19)20/h1-6H,(H,22,23). The molecule has 0 unspecified atom stereocenters. The first-order valence-corrected chi connectivity index (χ1v) is 8.37. The average Bonchev–Trinajstić information content (AvgIpc) is 2.91. The van der Waals surface area contributed by atoms with E-state index < -0.39 is 9.70 Å². The van der Waals surface area contributed by atoms with Crippen LogP contribution in [0.5, 0.6) is 0 Å². The van der Waals surface area contributed by atoms with Crippen molar-refractivity contribution in [2.24, 2.45) is 0 Å². The van der Waals surface area contributed by atoms with Crippen molar-refractivity contribution in [1.82, 2.24) is 4.98 Å². The SMILES string of the molecule is O=C(Nc1cc(-c2nc3cc(Cl)ccc3o2)ccc1Cl)C(Cl)(Cl)Cl. The van der Waals surface area contributed by atoms with Gasteiger partial charge in [-0.1, -0.05) is 58.0 Å². The lowest BCUT2D eigenvalue weighted by atomic mass is 10.2. The predicted molar refractivity (Wildman–Crippen MR) is 98.4 cm³/mol. The molecule has 1 heterocycles. The fourth-order valence-electron chi connectivity index (χ4n) is 1.97. The molecule has 3 rings (SSSR count). The number of nitrogens with zero attached hydrogens (tertiary/aromatic N) is 1. The van der Waals surface area contributed by atoms with Gasteiger partial charge in [-0.25, -0.2) is 4.98 Å². The zero-order valence-corrected chi connectivity index (χ0v) is 15.4. The molecule has 0 aliphatic heterocycles. The van der Waals surface area contributed by atoms with Crippen LogP contribution >= 0.6 is 58.0 Å². The highest BCUT2D eigenvalue weighted by Crippen LogP contribution is 2.33. The number of nitrogens with one attached hydrogen (secondary N) is 1. The van der Waals surface area contributed by atoms with Gasteiger partial charge in [-0.05, 0) is 36.4 Å². The third kappa shape index (κ3) is 3.73. The van der Waals surface area contributed by atoms with Gasteiger partial charge in [0.05, 0.1) is 10.7 Å². The van der Waals surface area contributed by atoms with Crippen LogP contribution in [0.25, 0.3) is 22.6 Å². The highest BCUT2D eigenvalue weighted by molar-refractivity contribution is 6.76. The molecule has 0 atom stereocenters. The fraction of sp³-hybridized carbons (Fsp3) is 0.0667. The third-order valence-corrected chi connectivity index (χ3v) is 4.15. The first-order valence-electron chi connectivity index (χ1n) is 6.48. The maximum atomic E-state index is 11.8. The summed E-state index contributed by atoms with van der Waals surface area (Å²) in [4.78, 5) is 16.2. The zero-order chi connectivity index (χ0) is 17.5. The van der Waals surface area contributed by atoms with Crippen molar-refractivity contribution in [3.05, 3.63) is 46.4 Å². The Morgan fingerprint density at radius 1 is 1.08 bits per heavy atom. The summed E-state index contributed by atoms with van der Waals surface area (Å²) in [5.41, 5.74) is 2.05. The lowest BCUT2D eigenvalue weighted by molar-refractivity contribution is -0.115. The van der Waals surface area contributed by atoms with Crippen molar-refractivity contribution in [3.63, 3.8) is 0 Å². The molecule has 0 fully saturated rings. The minimum absolute atomic E-state index is 0.269. The molecule has 3 aromatic rings. The molecular formula is C15H7Cl5N2O2. The van der Waals surface area contributed by atoms with Crippen LogP contribution in [0.1, 0.15) is 0 Å². The molecule has 0 radical (unpaired) electrons. The summed E-state index contributed by atoms with van der Waals surface area (Å²) in [7, 11) is 0. The summed E-state index contributed by atoms with van der Waals surface area (Å²) in [5.74, 6) is -0.482. The topological polar surface area (TPSA) is 55.1 Å². The number of carbonyl (C=O) groups is 1. The number of fused-ring (bicyclic) bond motifs is 1. The second-order valence-electron chi connectivity index (χ2n) is 4.78. The number of halogens is 5. The Balaban J connectivity index is 1.99. The Labute approximate surface area is 161 Å². The van der Waals surface area contributed by atoms with Gasteiger partial charge in [0, 0.05) is 10.6 Å². The normalized spacial score (nSPS) is 11.7. The van der Waals surface area contributed by atoms with Crippen LogP contribution in [0, 0.1) is 0 Å². The van der Waals surface area contributed by atoms with Crippen molar-refractivity contribution >= 4 is 80.7 Å². The number of benzene rings is 2. The lowest BCUT2D eigenvalue weighted by Gasteiger charge is -2.13. The van der Waals surface area contributed by atoms with Gasteiger partial charge < -0.3 is 9.73 Å². The minimum Gasteiger partial charge on any atom is -0.436 e. The van der Waals surface area contributed by atoms with Crippen molar-refractivity contribution in [1.29, 1.82) is 0 Å². The van der Waals surface area contributed by atoms with Gasteiger partial charge in [0.1, 0.15) is 5.52 Å². The Morgan fingerprint density at radius 3 is 2.54 bits per heavy atom. The zero-order valence-electron chi connectivity index (χ0n) is 11.6. The van der Waals surface area contributed by atoms with Crippen LogP contribution in [-0.2, 0) is 4.79 Å². The Morgan fingerprint density at radius 2 is 1.83 bits per heavy atom. The maximum Gasteiger partial charge on any atom is 0.276 e. The van der Waals surface area contributed by atoms with Gasteiger partial charge in [-0.2, -0.15) is 0 Å². The number of rotatable bonds is 2. The molecular weight excluding hydrogens is 417 g/mol. The van der Waals surface area contributed by atoms with Gasteiger partial charge in [0.25, 0.3) is 9.70 Å². The third-order valence-electron chi connectivity index (χ3n) is 3.07. The molecule has 0 bridgehead atoms. The Hall–Kier alpha value is -1.17. The van der Waals surface area contributed by atoms with E-state index in [0.717, 1.165) is 0 Å². The summed E-state index contributed by atoms with van der Waals surface area (Å²) < 4.78 is 3.57. The molecule has 1 N–H and O–H groups in total. The Bertz CT molecular complexity index is 933. The summed E-state index contributed by atoms with van der Waals surface area (Å²) in [6.45, 7) is 0. The number of amides is 1. The lowest BCUT2D eigenvalue weighted by Crippen LogP contribution is -2.27. The van der Waals surface area contributed by atoms with Crippen molar-refractivity contribution in [3.8, 4) is 11.5 Å². The van der Waals surface area contributed by atoms with E-state index in [0.29, 0.717) is 27.6 Å². The van der Waals surface area contributed by atoms with E-state index in [1.54, 1.807) is 36.4 Å². The highest BCUT2D eigenvalue weighted by Gasteiger charge is 2.31. The van der Waals surface area contributed by atoms with Gasteiger partial charge in [-0.15, -0.1) is 0 Å². The second-order valence-corrected chi connectivity index (χ2v) is 7.90. The molecule has 4 nitrogen and oxygen atoms in total. The van der Waals surface area contributed by atoms with E-state index >= 15 is 0 Å². The van der Waals surface area contributed by atoms with E-state index in [1.165, 1.54) is 0 Å². The van der Waals surface area contributed by atoms with Gasteiger partial charge in [0.15, 0.2) is 5.58 Å². The molecule has 0 saturated heterocycles. The molecule has 2 aromatic carbocycles. The van der Waals surface area contributed by atoms with E-state index in [4.69, 9.17) is 62.4 Å². The number of aromatic nitrogens is 1. The van der Waals surface area contributed by atoms with Crippen LogP contribution < -0.4 is 5.32 Å². The number of alkyl halides is 3. The Kier molecular flexibility index (Phi) is 4.87. The highest BCUT2D eigenvalue weighted by atomic mass is 35.6. The quantitative estimate of drug-likeness (QED) is 0.505. The number of anilines is 1. The first kappa shape index (κ1) is 17.6. The molecule has 0 aliphatic rings. The number of hydrogen-bond donors (Lipinski definition) is 1. The second kappa shape index (κ2) is 6.62. The monoisotopic (exact) mass is 422 g/mol. The molecule has 124 valence electrons. The van der Waals surface area contributed by atoms with E-state index in [2.05, 4.69) is 10.3 Å². The molecule has 0 saturated carbocycles. The maximum absolute atomic E-state index is 11.8. The molecule has 0 aliphatic carbocycles. The van der Waals surface area contributed by atoms with Crippen molar-refractivity contribution in [2.75, 3.05) is 5.32 Å². The molecule has 1 aromatic heterocycles. The summed E-state index contributed by atoms with van der Waals surface area (Å²) in [6, 6.07) is 9.95. The van der Waals surface area contributed by atoms with Gasteiger partial charge in [-0.3, -0.25) is 4.79 Å². The van der Waals surface area contributed by atoms with E-state index in [1.807, 2.05) is 0 Å². The van der Waals surface area contributed by atoms with E-state index in [9.17, 15) is 4.79 Å². The van der Waals surface area contributed by atoms with Crippen LogP contribution in [0.15, 0.2) is 40.8 Å². The largest absolute Gasteiger partial charge is 0.436 e. The average molecular weight is 424 g/mol. The first-order chi connectivity index (χ1) is 11.2. The summed E-state index contributed by atoms with van der Waals surface area (Å²) >= 11 is 28.6. The number of carbonyl (C=O) groups excluding carboxylic acids is 1. The minimum atomic E-state index is -2.10. The van der Waals surface area contributed by atoms with Crippen LogP contribution in [0.4, 0.5) is 5.69 Å². The smallest absolute Gasteiger partial charge is 0.276 e. The van der Waals surface area contributed by atoms with Crippen LogP contribution in [0.2, 0.25) is 10.0 Å². The van der Waals surface area contributed by atoms with Crippen molar-refractivity contribution in [2.45, 2.75) is 3.79 Å². The summed E-state index contributed by atoms with van der Waals surface area (Å²) in [6.07, 6.45) is 0. The fourth-order valence-corrected chi connectivity index (χ4v) is 2.44. The van der Waals surface area contributed by atoms with E-state index in [-0.39, 0.29) is 10.7 Å². The number of oxazole rings is 1. The molecule has 9 heteroatoms. The van der Waals surface area contributed by atoms with Crippen LogP contribution in [-0.4, -0.2) is 14.7 Å². The van der Waals surface area contributed by atoms with Gasteiger partial charge in [0.2, 0.25) is 5.89 Å². The van der Waals surface area contributed by atoms with Crippen molar-refractivity contribution < 1.29 is 9.21 Å². The van der Waals surface area contributed by atoms with Crippen LogP contribution in [0.3, 0.4) is 0 Å². The molecule has 1 amide bonds.